The lowest BCUT2D eigenvalue weighted by Gasteiger charge is -2.33. The third-order valence-corrected chi connectivity index (χ3v) is 4.64. The Kier molecular flexibility index (Phi) is 3.99. The summed E-state index contributed by atoms with van der Waals surface area (Å²) in [5, 5.41) is 8.33. The van der Waals surface area contributed by atoms with E-state index in [1.165, 1.54) is 0 Å². The van der Waals surface area contributed by atoms with Gasteiger partial charge in [-0.2, -0.15) is 11.8 Å². The van der Waals surface area contributed by atoms with Crippen LogP contribution in [0.4, 0.5) is 5.69 Å². The third-order valence-electron chi connectivity index (χ3n) is 2.84. The van der Waals surface area contributed by atoms with Crippen molar-refractivity contribution in [2.24, 2.45) is 5.73 Å². The molecule has 1 fully saturated rings. The van der Waals surface area contributed by atoms with Gasteiger partial charge < -0.3 is 10.6 Å². The van der Waals surface area contributed by atoms with Crippen LogP contribution in [-0.4, -0.2) is 29.9 Å². The van der Waals surface area contributed by atoms with Crippen molar-refractivity contribution in [3.05, 3.63) is 28.2 Å². The van der Waals surface area contributed by atoms with Crippen molar-refractivity contribution in [2.45, 2.75) is 12.2 Å². The normalized spacial score (nSPS) is 20.4. The first-order valence-corrected chi connectivity index (χ1v) is 7.43. The molecule has 1 aromatic carbocycles. The molecule has 1 aromatic rings. The second-order valence-corrected chi connectivity index (χ2v) is 6.58. The van der Waals surface area contributed by atoms with Gasteiger partial charge in [-0.3, -0.25) is 5.41 Å². The van der Waals surface area contributed by atoms with Crippen LogP contribution in [0.1, 0.15) is 12.5 Å². The predicted molar refractivity (Wildman–Crippen MR) is 79.3 cm³/mol. The Hall–Kier alpha value is -0.680. The van der Waals surface area contributed by atoms with Crippen molar-refractivity contribution in [1.29, 1.82) is 5.41 Å². The molecule has 1 aliphatic heterocycles. The van der Waals surface area contributed by atoms with Gasteiger partial charge in [-0.05, 0) is 28.1 Å². The lowest BCUT2D eigenvalue weighted by atomic mass is 10.1. The first-order chi connectivity index (χ1) is 8.09. The lowest BCUT2D eigenvalue weighted by molar-refractivity contribution is 0.782. The van der Waals surface area contributed by atoms with E-state index in [1.807, 2.05) is 30.0 Å². The molecule has 1 unspecified atom stereocenters. The molecule has 0 radical (unpaired) electrons. The van der Waals surface area contributed by atoms with Gasteiger partial charge in [-0.1, -0.05) is 13.0 Å². The summed E-state index contributed by atoms with van der Waals surface area (Å²) in [6.45, 7) is 4.27. The van der Waals surface area contributed by atoms with Crippen LogP contribution in [0.25, 0.3) is 0 Å². The number of hydrogen-bond acceptors (Lipinski definition) is 3. The van der Waals surface area contributed by atoms with E-state index in [9.17, 15) is 0 Å². The molecule has 0 aromatic heterocycles. The van der Waals surface area contributed by atoms with Gasteiger partial charge in [0.2, 0.25) is 0 Å². The number of hydrogen-bond donors (Lipinski definition) is 2. The highest BCUT2D eigenvalue weighted by molar-refractivity contribution is 9.10. The molecule has 5 heteroatoms. The van der Waals surface area contributed by atoms with Crippen molar-refractivity contribution in [3.8, 4) is 0 Å². The van der Waals surface area contributed by atoms with E-state index in [0.29, 0.717) is 5.25 Å². The highest BCUT2D eigenvalue weighted by atomic mass is 79.9. The van der Waals surface area contributed by atoms with Crippen LogP contribution in [0.15, 0.2) is 22.7 Å². The van der Waals surface area contributed by atoms with Crippen LogP contribution < -0.4 is 10.6 Å². The van der Waals surface area contributed by atoms with Gasteiger partial charge in [0.15, 0.2) is 0 Å². The molecule has 2 rings (SSSR count). The summed E-state index contributed by atoms with van der Waals surface area (Å²) in [5.74, 6) is 1.25. The Morgan fingerprint density at radius 2 is 2.35 bits per heavy atom. The van der Waals surface area contributed by atoms with Crippen LogP contribution >= 0.6 is 27.7 Å². The molecule has 1 aliphatic rings. The maximum absolute atomic E-state index is 7.70. The second-order valence-electron chi connectivity index (χ2n) is 4.18. The molecule has 17 heavy (non-hydrogen) atoms. The summed E-state index contributed by atoms with van der Waals surface area (Å²) >= 11 is 5.47. The van der Waals surface area contributed by atoms with E-state index in [4.69, 9.17) is 11.1 Å². The fourth-order valence-electron chi connectivity index (χ4n) is 2.08. The molecule has 92 valence electrons. The molecule has 1 heterocycles. The molecule has 1 atom stereocenters. The Bertz CT molecular complexity index is 436. The summed E-state index contributed by atoms with van der Waals surface area (Å²) in [5.41, 5.74) is 7.56. The maximum atomic E-state index is 7.70. The largest absolute Gasteiger partial charge is 0.384 e. The van der Waals surface area contributed by atoms with Gasteiger partial charge in [0, 0.05) is 34.3 Å². The number of benzene rings is 1. The van der Waals surface area contributed by atoms with Crippen LogP contribution in [0, 0.1) is 5.41 Å². The summed E-state index contributed by atoms with van der Waals surface area (Å²) < 4.78 is 0.897. The van der Waals surface area contributed by atoms with Crippen molar-refractivity contribution in [1.82, 2.24) is 0 Å². The van der Waals surface area contributed by atoms with Crippen molar-refractivity contribution in [3.63, 3.8) is 0 Å². The quantitative estimate of drug-likeness (QED) is 0.652. The average Bonchev–Trinajstić information content (AvgIpc) is 2.28. The van der Waals surface area contributed by atoms with Gasteiger partial charge in [0.25, 0.3) is 0 Å². The Morgan fingerprint density at radius 1 is 1.59 bits per heavy atom. The van der Waals surface area contributed by atoms with E-state index in [0.717, 1.165) is 34.6 Å². The summed E-state index contributed by atoms with van der Waals surface area (Å²) in [6.07, 6.45) is 0. The van der Waals surface area contributed by atoms with Gasteiger partial charge in [-0.15, -0.1) is 0 Å². The Labute approximate surface area is 114 Å². The minimum atomic E-state index is 0.123. The van der Waals surface area contributed by atoms with Gasteiger partial charge >= 0.3 is 0 Å². The molecule has 0 amide bonds. The van der Waals surface area contributed by atoms with E-state index >= 15 is 0 Å². The van der Waals surface area contributed by atoms with Gasteiger partial charge in [-0.25, -0.2) is 0 Å². The number of nitrogens with two attached hydrogens (primary N) is 1. The number of thioether (sulfide) groups is 1. The van der Waals surface area contributed by atoms with E-state index in [1.54, 1.807) is 0 Å². The lowest BCUT2D eigenvalue weighted by Crippen LogP contribution is -2.37. The van der Waals surface area contributed by atoms with Crippen LogP contribution in [0.3, 0.4) is 0 Å². The first kappa shape index (κ1) is 12.8. The highest BCUT2D eigenvalue weighted by Crippen LogP contribution is 2.30. The molecular weight excluding hydrogens is 298 g/mol. The summed E-state index contributed by atoms with van der Waals surface area (Å²) in [6, 6.07) is 5.98. The predicted octanol–water partition coefficient (Wildman–Crippen LogP) is 2.67. The minimum Gasteiger partial charge on any atom is -0.384 e. The summed E-state index contributed by atoms with van der Waals surface area (Å²) in [4.78, 5) is 2.32. The Morgan fingerprint density at radius 3 is 3.00 bits per heavy atom. The number of rotatable bonds is 2. The number of nitrogen functional groups attached to an aromatic ring is 1. The minimum absolute atomic E-state index is 0.123. The van der Waals surface area contributed by atoms with Gasteiger partial charge in [0.1, 0.15) is 5.84 Å². The zero-order chi connectivity index (χ0) is 12.4. The first-order valence-electron chi connectivity index (χ1n) is 5.59. The SMILES string of the molecule is CC1CN(c2cccc(Br)c2C(=N)N)CCS1. The number of halogens is 1. The van der Waals surface area contributed by atoms with Gasteiger partial charge in [0.05, 0.1) is 5.56 Å². The number of amidine groups is 1. The van der Waals surface area contributed by atoms with Crippen molar-refractivity contribution < 1.29 is 0 Å². The number of nitrogens with zero attached hydrogens (tertiary/aromatic N) is 1. The topological polar surface area (TPSA) is 53.1 Å². The maximum Gasteiger partial charge on any atom is 0.126 e. The molecule has 3 nitrogen and oxygen atoms in total. The smallest absolute Gasteiger partial charge is 0.126 e. The molecule has 0 aliphatic carbocycles. The van der Waals surface area contributed by atoms with Crippen molar-refractivity contribution >= 4 is 39.2 Å². The monoisotopic (exact) mass is 313 g/mol. The zero-order valence-electron chi connectivity index (χ0n) is 9.74. The molecule has 1 saturated heterocycles. The molecule has 3 N–H and O–H groups in total. The molecular formula is C12H16BrN3S. The van der Waals surface area contributed by atoms with E-state index < -0.39 is 0 Å². The van der Waals surface area contributed by atoms with E-state index in [2.05, 4.69) is 27.8 Å². The van der Waals surface area contributed by atoms with Crippen LogP contribution in [-0.2, 0) is 0 Å². The molecule has 0 saturated carbocycles. The van der Waals surface area contributed by atoms with Crippen LogP contribution in [0.2, 0.25) is 0 Å². The van der Waals surface area contributed by atoms with Crippen molar-refractivity contribution in [2.75, 3.05) is 23.7 Å². The number of nitrogens with one attached hydrogen (secondary N) is 1. The zero-order valence-corrected chi connectivity index (χ0v) is 12.1. The van der Waals surface area contributed by atoms with Crippen LogP contribution in [0.5, 0.6) is 0 Å². The summed E-state index contributed by atoms with van der Waals surface area (Å²) in [7, 11) is 0. The average molecular weight is 314 g/mol. The second kappa shape index (κ2) is 5.31. The Balaban J connectivity index is 2.37. The standard InChI is InChI=1S/C12H16BrN3S/c1-8-7-16(5-6-17-8)10-4-2-3-9(13)11(10)12(14)15/h2-4,8H,5-7H2,1H3,(H3,14,15). The molecule has 0 bridgehead atoms. The fourth-order valence-corrected chi connectivity index (χ4v) is 3.66. The highest BCUT2D eigenvalue weighted by Gasteiger charge is 2.21. The fraction of sp³-hybridized carbons (Fsp3) is 0.417. The third kappa shape index (κ3) is 2.77. The number of anilines is 1. The molecule has 0 spiro atoms. The van der Waals surface area contributed by atoms with E-state index in [-0.39, 0.29) is 5.84 Å².